The molecule has 1 N–H and O–H groups in total. The fourth-order valence-corrected chi connectivity index (χ4v) is 2.71. The summed E-state index contributed by atoms with van der Waals surface area (Å²) >= 11 is 0. The Balaban J connectivity index is 1.44. The van der Waals surface area contributed by atoms with Crippen LogP contribution in [-0.2, 0) is 18.4 Å². The number of aryl methyl sites for hydroxylation is 1. The first-order valence-corrected chi connectivity index (χ1v) is 8.31. The smallest absolute Gasteiger partial charge is 0.251 e. The van der Waals surface area contributed by atoms with E-state index in [0.29, 0.717) is 30.6 Å². The summed E-state index contributed by atoms with van der Waals surface area (Å²) in [5.74, 6) is 1.50. The molecule has 1 saturated heterocycles. The minimum absolute atomic E-state index is 0.0661. The van der Waals surface area contributed by atoms with E-state index in [1.807, 2.05) is 17.8 Å². The minimum Gasteiger partial charge on any atom is -0.486 e. The number of hydrogen-bond donors (Lipinski definition) is 1. The van der Waals surface area contributed by atoms with E-state index in [-0.39, 0.29) is 5.91 Å². The van der Waals surface area contributed by atoms with Gasteiger partial charge in [0.2, 0.25) is 0 Å². The first-order chi connectivity index (χ1) is 11.7. The minimum atomic E-state index is -0.0661. The summed E-state index contributed by atoms with van der Waals surface area (Å²) in [5.41, 5.74) is 0.631. The van der Waals surface area contributed by atoms with Crippen LogP contribution in [-0.4, -0.2) is 34.7 Å². The number of rotatable bonds is 7. The number of ether oxygens (including phenoxy) is 2. The Kier molecular flexibility index (Phi) is 5.48. The van der Waals surface area contributed by atoms with Crippen LogP contribution in [0.5, 0.6) is 5.75 Å². The quantitative estimate of drug-likeness (QED) is 0.846. The molecule has 2 heterocycles. The van der Waals surface area contributed by atoms with Gasteiger partial charge in [-0.3, -0.25) is 4.79 Å². The highest BCUT2D eigenvalue weighted by atomic mass is 16.5. The molecule has 0 radical (unpaired) electrons. The van der Waals surface area contributed by atoms with Gasteiger partial charge in [-0.25, -0.2) is 4.98 Å². The van der Waals surface area contributed by atoms with Gasteiger partial charge in [0.25, 0.3) is 5.91 Å². The molecule has 0 bridgehead atoms. The van der Waals surface area contributed by atoms with Crippen molar-refractivity contribution < 1.29 is 14.3 Å². The molecular weight excluding hydrogens is 306 g/mol. The van der Waals surface area contributed by atoms with E-state index in [9.17, 15) is 4.79 Å². The second kappa shape index (κ2) is 7.97. The molecule has 0 saturated carbocycles. The van der Waals surface area contributed by atoms with Crippen molar-refractivity contribution in [1.29, 1.82) is 0 Å². The van der Waals surface area contributed by atoms with Gasteiger partial charge in [0, 0.05) is 38.2 Å². The van der Waals surface area contributed by atoms with Gasteiger partial charge in [0.15, 0.2) is 0 Å². The molecule has 1 aromatic carbocycles. The molecule has 2 aromatic rings. The number of aromatic nitrogens is 2. The Morgan fingerprint density at radius 2 is 2.25 bits per heavy atom. The maximum atomic E-state index is 12.1. The maximum absolute atomic E-state index is 12.1. The molecule has 0 aliphatic carbocycles. The first kappa shape index (κ1) is 16.5. The topological polar surface area (TPSA) is 65.4 Å². The molecule has 3 rings (SSSR count). The van der Waals surface area contributed by atoms with Crippen molar-refractivity contribution in [2.75, 3.05) is 13.2 Å². The molecule has 1 aromatic heterocycles. The lowest BCUT2D eigenvalue weighted by atomic mass is 10.1. The lowest BCUT2D eigenvalue weighted by Crippen LogP contribution is -2.26. The van der Waals surface area contributed by atoms with Gasteiger partial charge in [-0.1, -0.05) is 0 Å². The summed E-state index contributed by atoms with van der Waals surface area (Å²) in [7, 11) is 1.93. The molecule has 24 heavy (non-hydrogen) atoms. The molecule has 1 aliphatic heterocycles. The highest BCUT2D eigenvalue weighted by Crippen LogP contribution is 2.15. The van der Waals surface area contributed by atoms with E-state index in [0.717, 1.165) is 31.7 Å². The SMILES string of the molecule is Cn1ccnc1COc1ccc(C(=O)NCC[C@@H]2CCCO2)cc1. The van der Waals surface area contributed by atoms with Crippen molar-refractivity contribution in [2.45, 2.75) is 32.0 Å². The Hall–Kier alpha value is -2.34. The van der Waals surface area contributed by atoms with Crippen LogP contribution in [0.4, 0.5) is 0 Å². The van der Waals surface area contributed by atoms with Crippen molar-refractivity contribution in [2.24, 2.45) is 7.05 Å². The van der Waals surface area contributed by atoms with Crippen molar-refractivity contribution >= 4 is 5.91 Å². The average molecular weight is 329 g/mol. The van der Waals surface area contributed by atoms with Gasteiger partial charge in [-0.15, -0.1) is 0 Å². The Morgan fingerprint density at radius 1 is 1.42 bits per heavy atom. The number of hydrogen-bond acceptors (Lipinski definition) is 4. The zero-order chi connectivity index (χ0) is 16.8. The summed E-state index contributed by atoms with van der Waals surface area (Å²) in [5, 5.41) is 2.93. The number of nitrogens with one attached hydrogen (secondary N) is 1. The molecular formula is C18H23N3O3. The zero-order valence-corrected chi connectivity index (χ0v) is 13.9. The van der Waals surface area contributed by atoms with Crippen LogP contribution in [0.1, 0.15) is 35.4 Å². The number of amides is 1. The summed E-state index contributed by atoms with van der Waals surface area (Å²) in [6.07, 6.45) is 7.01. The molecule has 0 spiro atoms. The monoisotopic (exact) mass is 329 g/mol. The fourth-order valence-electron chi connectivity index (χ4n) is 2.71. The fraction of sp³-hybridized carbons (Fsp3) is 0.444. The van der Waals surface area contributed by atoms with Gasteiger partial charge in [-0.2, -0.15) is 0 Å². The number of carbonyl (C=O) groups is 1. The van der Waals surface area contributed by atoms with Gasteiger partial charge < -0.3 is 19.4 Å². The van der Waals surface area contributed by atoms with Gasteiger partial charge >= 0.3 is 0 Å². The third kappa shape index (κ3) is 4.35. The molecule has 0 unspecified atom stereocenters. The van der Waals surface area contributed by atoms with E-state index in [2.05, 4.69) is 10.3 Å². The molecule has 1 fully saturated rings. The standard InChI is InChI=1S/C18H23N3O3/c1-21-11-10-19-17(21)13-24-16-6-4-14(5-7-16)18(22)20-9-8-15-3-2-12-23-15/h4-7,10-11,15H,2-3,8-9,12-13H2,1H3,(H,20,22)/t15-/m0/s1. The summed E-state index contributed by atoms with van der Waals surface area (Å²) in [4.78, 5) is 16.3. The van der Waals surface area contributed by atoms with Crippen molar-refractivity contribution in [3.8, 4) is 5.75 Å². The number of benzene rings is 1. The zero-order valence-electron chi connectivity index (χ0n) is 13.9. The van der Waals surface area contributed by atoms with E-state index in [1.54, 1.807) is 30.5 Å². The van der Waals surface area contributed by atoms with Crippen LogP contribution < -0.4 is 10.1 Å². The Bertz CT molecular complexity index is 660. The normalized spacial score (nSPS) is 17.0. The second-order valence-corrected chi connectivity index (χ2v) is 5.95. The lowest BCUT2D eigenvalue weighted by Gasteiger charge is -2.10. The van der Waals surface area contributed by atoms with Gasteiger partial charge in [0.1, 0.15) is 18.2 Å². The number of carbonyl (C=O) groups excluding carboxylic acids is 1. The summed E-state index contributed by atoms with van der Waals surface area (Å²) < 4.78 is 13.1. The van der Waals surface area contributed by atoms with Crippen LogP contribution in [0, 0.1) is 0 Å². The Morgan fingerprint density at radius 3 is 2.92 bits per heavy atom. The number of imidazole rings is 1. The number of nitrogens with zero attached hydrogens (tertiary/aromatic N) is 2. The van der Waals surface area contributed by atoms with Crippen molar-refractivity contribution in [1.82, 2.24) is 14.9 Å². The highest BCUT2D eigenvalue weighted by molar-refractivity contribution is 5.94. The van der Waals surface area contributed by atoms with Crippen LogP contribution >= 0.6 is 0 Å². The predicted molar refractivity (Wildman–Crippen MR) is 89.9 cm³/mol. The second-order valence-electron chi connectivity index (χ2n) is 5.95. The predicted octanol–water partition coefficient (Wildman–Crippen LogP) is 2.30. The molecule has 1 amide bonds. The van der Waals surface area contributed by atoms with Crippen LogP contribution in [0.2, 0.25) is 0 Å². The average Bonchev–Trinajstić information content (AvgIpc) is 3.25. The van der Waals surface area contributed by atoms with E-state index < -0.39 is 0 Å². The maximum Gasteiger partial charge on any atom is 0.251 e. The molecule has 128 valence electrons. The van der Waals surface area contributed by atoms with Gasteiger partial charge in [-0.05, 0) is 43.5 Å². The lowest BCUT2D eigenvalue weighted by molar-refractivity contribution is 0.0907. The third-order valence-electron chi connectivity index (χ3n) is 4.18. The molecule has 1 atom stereocenters. The van der Waals surface area contributed by atoms with E-state index in [1.165, 1.54) is 0 Å². The van der Waals surface area contributed by atoms with Crippen LogP contribution in [0.25, 0.3) is 0 Å². The molecule has 6 nitrogen and oxygen atoms in total. The van der Waals surface area contributed by atoms with Gasteiger partial charge in [0.05, 0.1) is 6.10 Å². The van der Waals surface area contributed by atoms with Crippen LogP contribution in [0.3, 0.4) is 0 Å². The molecule has 1 aliphatic rings. The molecule has 6 heteroatoms. The summed E-state index contributed by atoms with van der Waals surface area (Å²) in [6.45, 7) is 1.88. The van der Waals surface area contributed by atoms with Crippen LogP contribution in [0.15, 0.2) is 36.7 Å². The summed E-state index contributed by atoms with van der Waals surface area (Å²) in [6, 6.07) is 7.15. The Labute approximate surface area is 141 Å². The van der Waals surface area contributed by atoms with E-state index in [4.69, 9.17) is 9.47 Å². The van der Waals surface area contributed by atoms with Crippen molar-refractivity contribution in [3.05, 3.63) is 48.0 Å². The van der Waals surface area contributed by atoms with E-state index >= 15 is 0 Å². The largest absolute Gasteiger partial charge is 0.486 e. The first-order valence-electron chi connectivity index (χ1n) is 8.31. The highest BCUT2D eigenvalue weighted by Gasteiger charge is 2.15. The third-order valence-corrected chi connectivity index (χ3v) is 4.18. The van der Waals surface area contributed by atoms with Crippen molar-refractivity contribution in [3.63, 3.8) is 0 Å².